The lowest BCUT2D eigenvalue weighted by atomic mass is 10.3. The number of nitrogens with zero attached hydrogens (tertiary/aromatic N) is 2. The highest BCUT2D eigenvalue weighted by Crippen LogP contribution is 2.14. The molecule has 0 aliphatic carbocycles. The summed E-state index contributed by atoms with van der Waals surface area (Å²) in [6.07, 6.45) is 2.27. The zero-order valence-corrected chi connectivity index (χ0v) is 11.1. The first-order valence-electron chi connectivity index (χ1n) is 6.18. The second-order valence-electron chi connectivity index (χ2n) is 4.21. The lowest BCUT2D eigenvalue weighted by Crippen LogP contribution is -2.30. The molecule has 1 amide bonds. The van der Waals surface area contributed by atoms with Crippen molar-refractivity contribution >= 4 is 5.91 Å². The molecule has 0 saturated carbocycles. The Hall–Kier alpha value is -1.29. The summed E-state index contributed by atoms with van der Waals surface area (Å²) in [5.74, 6) is 0.0159. The van der Waals surface area contributed by atoms with Crippen molar-refractivity contribution in [1.82, 2.24) is 9.47 Å². The Balaban J connectivity index is 0.000000686. The highest BCUT2D eigenvalue weighted by Gasteiger charge is 2.26. The zero-order chi connectivity index (χ0) is 13.0. The van der Waals surface area contributed by atoms with E-state index < -0.39 is 0 Å². The number of aryl methyl sites for hydroxylation is 2. The van der Waals surface area contributed by atoms with E-state index in [1.54, 1.807) is 4.90 Å². The number of likely N-dealkylation sites (tertiary alicyclic amines) is 1. The van der Waals surface area contributed by atoms with E-state index in [1.165, 1.54) is 0 Å². The maximum atomic E-state index is 12.0. The minimum atomic E-state index is -0.352. The monoisotopic (exact) mass is 238 g/mol. The third kappa shape index (κ3) is 3.09. The van der Waals surface area contributed by atoms with Gasteiger partial charge in [-0.25, -0.2) is 0 Å². The molecule has 4 heteroatoms. The average Bonchev–Trinajstić information content (AvgIpc) is 2.87. The maximum absolute atomic E-state index is 12.0. The summed E-state index contributed by atoms with van der Waals surface area (Å²) in [5.41, 5.74) is 1.78. The molecule has 1 fully saturated rings. The summed E-state index contributed by atoms with van der Waals surface area (Å²) in [7, 11) is 1.87. The minimum absolute atomic E-state index is 0.0159. The van der Waals surface area contributed by atoms with Crippen LogP contribution in [-0.2, 0) is 7.05 Å². The molecule has 96 valence electrons. The van der Waals surface area contributed by atoms with Crippen molar-refractivity contribution in [3.63, 3.8) is 0 Å². The fourth-order valence-corrected chi connectivity index (χ4v) is 2.03. The summed E-state index contributed by atoms with van der Waals surface area (Å²) < 4.78 is 1.84. The molecule has 1 aliphatic heterocycles. The Morgan fingerprint density at radius 2 is 2.12 bits per heavy atom. The Bertz CT molecular complexity index is 385. The van der Waals surface area contributed by atoms with Crippen LogP contribution in [0.25, 0.3) is 0 Å². The van der Waals surface area contributed by atoms with Crippen molar-refractivity contribution in [3.05, 3.63) is 23.5 Å². The van der Waals surface area contributed by atoms with Crippen molar-refractivity contribution in [2.45, 2.75) is 33.3 Å². The van der Waals surface area contributed by atoms with Gasteiger partial charge in [-0.1, -0.05) is 13.8 Å². The molecule has 1 aromatic rings. The predicted molar refractivity (Wildman–Crippen MR) is 68.0 cm³/mol. The molecule has 1 aromatic heterocycles. The van der Waals surface area contributed by atoms with Crippen LogP contribution < -0.4 is 0 Å². The van der Waals surface area contributed by atoms with Crippen molar-refractivity contribution < 1.29 is 9.90 Å². The fourth-order valence-electron chi connectivity index (χ4n) is 2.03. The molecule has 1 N–H and O–H groups in total. The molecule has 0 bridgehead atoms. The summed E-state index contributed by atoms with van der Waals surface area (Å²) in [6.45, 7) is 7.09. The molecule has 0 radical (unpaired) electrons. The zero-order valence-electron chi connectivity index (χ0n) is 11.1. The Morgan fingerprint density at radius 1 is 1.47 bits per heavy atom. The number of β-amino-alcohol motifs (C(OH)–C–C–N with tert-alkyl or cyclic N) is 1. The molecule has 0 aromatic carbocycles. The topological polar surface area (TPSA) is 45.5 Å². The first-order valence-corrected chi connectivity index (χ1v) is 6.18. The molecule has 4 nitrogen and oxygen atoms in total. The van der Waals surface area contributed by atoms with Crippen molar-refractivity contribution in [1.29, 1.82) is 0 Å². The second kappa shape index (κ2) is 5.87. The molecule has 1 saturated heterocycles. The van der Waals surface area contributed by atoms with Gasteiger partial charge in [0, 0.05) is 26.3 Å². The van der Waals surface area contributed by atoms with Gasteiger partial charge in [-0.3, -0.25) is 4.79 Å². The van der Waals surface area contributed by atoms with Crippen molar-refractivity contribution in [3.8, 4) is 0 Å². The van der Waals surface area contributed by atoms with E-state index in [0.29, 0.717) is 25.2 Å². The molecular weight excluding hydrogens is 216 g/mol. The van der Waals surface area contributed by atoms with Gasteiger partial charge in [0.25, 0.3) is 5.91 Å². The normalized spacial score (nSPS) is 18.9. The number of hydrogen-bond donors (Lipinski definition) is 1. The van der Waals surface area contributed by atoms with E-state index in [2.05, 4.69) is 0 Å². The van der Waals surface area contributed by atoms with Gasteiger partial charge >= 0.3 is 0 Å². The summed E-state index contributed by atoms with van der Waals surface area (Å²) in [4.78, 5) is 13.7. The van der Waals surface area contributed by atoms with Crippen LogP contribution in [0.5, 0.6) is 0 Å². The van der Waals surface area contributed by atoms with Crippen LogP contribution >= 0.6 is 0 Å². The van der Waals surface area contributed by atoms with Crippen LogP contribution in [0.15, 0.2) is 12.3 Å². The summed E-state index contributed by atoms with van der Waals surface area (Å²) in [5, 5.41) is 9.37. The average molecular weight is 238 g/mol. The van der Waals surface area contributed by atoms with Crippen molar-refractivity contribution in [2.75, 3.05) is 13.1 Å². The lowest BCUT2D eigenvalue weighted by molar-refractivity contribution is 0.0755. The second-order valence-corrected chi connectivity index (χ2v) is 4.21. The van der Waals surface area contributed by atoms with Gasteiger partial charge in [-0.15, -0.1) is 0 Å². The first-order chi connectivity index (χ1) is 8.08. The Labute approximate surface area is 103 Å². The first kappa shape index (κ1) is 13.8. The van der Waals surface area contributed by atoms with Crippen LogP contribution in [0.4, 0.5) is 0 Å². The van der Waals surface area contributed by atoms with Crippen molar-refractivity contribution in [2.24, 2.45) is 7.05 Å². The number of aromatic nitrogens is 1. The predicted octanol–water partition coefficient (Wildman–Crippen LogP) is 1.57. The van der Waals surface area contributed by atoms with E-state index >= 15 is 0 Å². The van der Waals surface area contributed by atoms with Gasteiger partial charge in [0.05, 0.1) is 6.10 Å². The standard InChI is InChI=1S/C11H16N2O2.C2H6/c1-8-5-10(12(2)6-8)11(15)13-4-3-9(14)7-13;1-2/h5-6,9,14H,3-4,7H2,1-2H3;1-2H3. The molecule has 17 heavy (non-hydrogen) atoms. The number of aliphatic hydroxyl groups is 1. The van der Waals surface area contributed by atoms with E-state index in [1.807, 2.05) is 44.6 Å². The van der Waals surface area contributed by atoms with Gasteiger partial charge < -0.3 is 14.6 Å². The number of carbonyl (C=O) groups excluding carboxylic acids is 1. The van der Waals surface area contributed by atoms with E-state index in [4.69, 9.17) is 0 Å². The van der Waals surface area contributed by atoms with Crippen LogP contribution in [0.2, 0.25) is 0 Å². The van der Waals surface area contributed by atoms with E-state index in [0.717, 1.165) is 5.56 Å². The summed E-state index contributed by atoms with van der Waals surface area (Å²) >= 11 is 0. The quantitative estimate of drug-likeness (QED) is 0.807. The smallest absolute Gasteiger partial charge is 0.270 e. The third-order valence-electron chi connectivity index (χ3n) is 2.81. The molecule has 1 unspecified atom stereocenters. The van der Waals surface area contributed by atoms with E-state index in [9.17, 15) is 9.90 Å². The molecule has 1 atom stereocenters. The van der Waals surface area contributed by atoms with E-state index in [-0.39, 0.29) is 12.0 Å². The van der Waals surface area contributed by atoms with Gasteiger partial charge in [0.15, 0.2) is 0 Å². The van der Waals surface area contributed by atoms with Gasteiger partial charge in [-0.2, -0.15) is 0 Å². The fraction of sp³-hybridized carbons (Fsp3) is 0.615. The SMILES string of the molecule is CC.Cc1cc(C(=O)N2CCC(O)C2)n(C)c1. The third-order valence-corrected chi connectivity index (χ3v) is 2.81. The maximum Gasteiger partial charge on any atom is 0.270 e. The molecule has 2 heterocycles. The molecule has 0 spiro atoms. The number of amides is 1. The Morgan fingerprint density at radius 3 is 2.53 bits per heavy atom. The highest BCUT2D eigenvalue weighted by molar-refractivity contribution is 5.93. The van der Waals surface area contributed by atoms with Crippen LogP contribution in [0.3, 0.4) is 0 Å². The van der Waals surface area contributed by atoms with Crippen LogP contribution in [-0.4, -0.2) is 39.7 Å². The number of aliphatic hydroxyl groups excluding tert-OH is 1. The van der Waals surface area contributed by atoms with Crippen LogP contribution in [0, 0.1) is 6.92 Å². The minimum Gasteiger partial charge on any atom is -0.391 e. The molecular formula is C13H22N2O2. The lowest BCUT2D eigenvalue weighted by Gasteiger charge is -2.15. The molecule has 2 rings (SSSR count). The van der Waals surface area contributed by atoms with Crippen LogP contribution in [0.1, 0.15) is 36.3 Å². The number of hydrogen-bond acceptors (Lipinski definition) is 2. The number of carbonyl (C=O) groups is 1. The molecule has 1 aliphatic rings. The summed E-state index contributed by atoms with van der Waals surface area (Å²) in [6, 6.07) is 1.88. The Kier molecular flexibility index (Phi) is 4.75. The number of rotatable bonds is 1. The van der Waals surface area contributed by atoms with Gasteiger partial charge in [-0.05, 0) is 25.0 Å². The van der Waals surface area contributed by atoms with Gasteiger partial charge in [0.2, 0.25) is 0 Å². The largest absolute Gasteiger partial charge is 0.391 e. The van der Waals surface area contributed by atoms with Gasteiger partial charge in [0.1, 0.15) is 5.69 Å². The highest BCUT2D eigenvalue weighted by atomic mass is 16.3.